The van der Waals surface area contributed by atoms with Crippen LogP contribution in [0.5, 0.6) is 5.88 Å². The van der Waals surface area contributed by atoms with Gasteiger partial charge in [-0.2, -0.15) is 0 Å². The zero-order valence-electron chi connectivity index (χ0n) is 24.6. The molecule has 2 saturated heterocycles. The maximum atomic E-state index is 14.4. The lowest BCUT2D eigenvalue weighted by Crippen LogP contribution is -2.39. The van der Waals surface area contributed by atoms with E-state index in [9.17, 15) is 4.39 Å². The summed E-state index contributed by atoms with van der Waals surface area (Å²) in [7, 11) is 1.69. The largest absolute Gasteiger partial charge is 0.481 e. The lowest BCUT2D eigenvalue weighted by atomic mass is 10.00. The predicted octanol–water partition coefficient (Wildman–Crippen LogP) is 5.99. The van der Waals surface area contributed by atoms with Crippen molar-refractivity contribution in [2.75, 3.05) is 56.7 Å². The number of likely N-dealkylation sites (tertiary alicyclic amines) is 1. The maximum Gasteiger partial charge on any atom is 0.219 e. The molecule has 0 spiro atoms. The first-order valence-corrected chi connectivity index (χ1v) is 15.5. The van der Waals surface area contributed by atoms with Crippen molar-refractivity contribution >= 4 is 22.4 Å². The molecule has 1 aliphatic carbocycles. The molecule has 2 aliphatic heterocycles. The second kappa shape index (κ2) is 12.9. The lowest BCUT2D eigenvalue weighted by Gasteiger charge is -2.35. The zero-order valence-corrected chi connectivity index (χ0v) is 24.6. The fraction of sp³-hybridized carbons (Fsp3) is 0.576. The van der Waals surface area contributed by atoms with Gasteiger partial charge in [0.25, 0.3) is 0 Å². The summed E-state index contributed by atoms with van der Waals surface area (Å²) in [5, 5.41) is 3.91. The number of para-hydroxylation sites is 1. The summed E-state index contributed by atoms with van der Waals surface area (Å²) in [4.78, 5) is 14.8. The molecule has 220 valence electrons. The number of aryl methyl sites for hydroxylation is 1. The number of pyridine rings is 2. The van der Waals surface area contributed by atoms with Gasteiger partial charge < -0.3 is 24.6 Å². The second-order valence-electron chi connectivity index (χ2n) is 12.1. The minimum atomic E-state index is -0.147. The molecule has 7 nitrogen and oxygen atoms in total. The molecule has 2 fully saturated rings. The minimum Gasteiger partial charge on any atom is -0.481 e. The number of piperidine rings is 1. The summed E-state index contributed by atoms with van der Waals surface area (Å²) in [6.07, 6.45) is 8.71. The van der Waals surface area contributed by atoms with Gasteiger partial charge in [0.1, 0.15) is 11.3 Å². The molecular formula is C33H44FN5O2. The normalized spacial score (nSPS) is 20.3. The summed E-state index contributed by atoms with van der Waals surface area (Å²) in [6.45, 7) is 8.41. The Kier molecular flexibility index (Phi) is 8.87. The third-order valence-electron chi connectivity index (χ3n) is 9.07. The number of aromatic nitrogens is 2. The van der Waals surface area contributed by atoms with E-state index in [-0.39, 0.29) is 5.82 Å². The van der Waals surface area contributed by atoms with Gasteiger partial charge >= 0.3 is 0 Å². The van der Waals surface area contributed by atoms with Crippen LogP contribution in [0.4, 0.5) is 15.8 Å². The van der Waals surface area contributed by atoms with E-state index in [2.05, 4.69) is 28.1 Å². The number of benzene rings is 1. The van der Waals surface area contributed by atoms with Crippen LogP contribution in [0.3, 0.4) is 0 Å². The van der Waals surface area contributed by atoms with Crippen LogP contribution >= 0.6 is 0 Å². The van der Waals surface area contributed by atoms with Gasteiger partial charge in [-0.15, -0.1) is 0 Å². The van der Waals surface area contributed by atoms with Crippen molar-refractivity contribution in [2.45, 2.75) is 70.9 Å². The number of nitrogens with one attached hydrogen (secondary N) is 1. The Labute approximate surface area is 243 Å². The Morgan fingerprint density at radius 3 is 2.63 bits per heavy atom. The van der Waals surface area contributed by atoms with Gasteiger partial charge in [0, 0.05) is 43.5 Å². The first-order valence-electron chi connectivity index (χ1n) is 15.5. The van der Waals surface area contributed by atoms with Crippen molar-refractivity contribution in [3.05, 3.63) is 53.0 Å². The Hall–Kier alpha value is -2.97. The smallest absolute Gasteiger partial charge is 0.219 e. The summed E-state index contributed by atoms with van der Waals surface area (Å²) >= 11 is 0. The van der Waals surface area contributed by atoms with Crippen LogP contribution < -0.4 is 15.0 Å². The average Bonchev–Trinajstić information content (AvgIpc) is 3.26. The number of hydrogen-bond donors (Lipinski definition) is 1. The number of fused-ring (bicyclic) bond motifs is 2. The van der Waals surface area contributed by atoms with Gasteiger partial charge in [-0.25, -0.2) is 9.37 Å². The van der Waals surface area contributed by atoms with Crippen LogP contribution in [0.2, 0.25) is 0 Å². The van der Waals surface area contributed by atoms with Crippen molar-refractivity contribution < 1.29 is 13.9 Å². The summed E-state index contributed by atoms with van der Waals surface area (Å²) in [5.41, 5.74) is 7.06. The molecule has 0 radical (unpaired) electrons. The molecule has 3 aliphatic rings. The SMILES string of the molecule is COc1nc2c(NC3CCN(c4ccccc4F)CC3)c3c(nc2cc1COCCN1CCC(C)C1)CCCCC3. The van der Waals surface area contributed by atoms with E-state index in [4.69, 9.17) is 19.4 Å². The number of methoxy groups -OCH3 is 1. The Bertz CT molecular complexity index is 1340. The number of ether oxygens (including phenoxy) is 2. The van der Waals surface area contributed by atoms with E-state index < -0.39 is 0 Å². The highest BCUT2D eigenvalue weighted by molar-refractivity contribution is 5.91. The molecule has 1 atom stereocenters. The first kappa shape index (κ1) is 28.2. The van der Waals surface area contributed by atoms with E-state index >= 15 is 0 Å². The van der Waals surface area contributed by atoms with Crippen LogP contribution in [0.15, 0.2) is 30.3 Å². The van der Waals surface area contributed by atoms with Crippen molar-refractivity contribution in [1.29, 1.82) is 0 Å². The highest BCUT2D eigenvalue weighted by Gasteiger charge is 2.26. The Morgan fingerprint density at radius 2 is 1.85 bits per heavy atom. The quantitative estimate of drug-likeness (QED) is 0.255. The van der Waals surface area contributed by atoms with Crippen LogP contribution in [0.25, 0.3) is 11.0 Å². The Morgan fingerprint density at radius 1 is 1.02 bits per heavy atom. The molecular weight excluding hydrogens is 517 g/mol. The third-order valence-corrected chi connectivity index (χ3v) is 9.07. The molecule has 1 N–H and O–H groups in total. The first-order chi connectivity index (χ1) is 20.1. The fourth-order valence-corrected chi connectivity index (χ4v) is 6.76. The molecule has 1 aromatic carbocycles. The van der Waals surface area contributed by atoms with E-state index in [1.165, 1.54) is 43.5 Å². The molecule has 0 amide bonds. The molecule has 2 aromatic heterocycles. The molecule has 8 heteroatoms. The van der Waals surface area contributed by atoms with E-state index in [1.807, 2.05) is 12.1 Å². The van der Waals surface area contributed by atoms with Crippen LogP contribution in [-0.4, -0.2) is 67.4 Å². The number of rotatable bonds is 9. The maximum absolute atomic E-state index is 14.4. The Balaban J connectivity index is 1.21. The van der Waals surface area contributed by atoms with Gasteiger partial charge in [-0.3, -0.25) is 4.98 Å². The molecule has 41 heavy (non-hydrogen) atoms. The van der Waals surface area contributed by atoms with Crippen molar-refractivity contribution in [3.63, 3.8) is 0 Å². The molecule has 0 saturated carbocycles. The number of hydrogen-bond acceptors (Lipinski definition) is 7. The zero-order chi connectivity index (χ0) is 28.2. The van der Waals surface area contributed by atoms with Gasteiger partial charge in [0.05, 0.1) is 37.2 Å². The monoisotopic (exact) mass is 561 g/mol. The van der Waals surface area contributed by atoms with Gasteiger partial charge in [0.2, 0.25) is 5.88 Å². The fourth-order valence-electron chi connectivity index (χ4n) is 6.76. The number of nitrogens with zero attached hydrogens (tertiary/aromatic N) is 4. The van der Waals surface area contributed by atoms with Crippen LogP contribution in [0, 0.1) is 11.7 Å². The van der Waals surface area contributed by atoms with Gasteiger partial charge in [-0.05, 0) is 81.2 Å². The highest BCUT2D eigenvalue weighted by Crippen LogP contribution is 2.36. The highest BCUT2D eigenvalue weighted by atomic mass is 19.1. The molecule has 3 aromatic rings. The van der Waals surface area contributed by atoms with Crippen LogP contribution in [-0.2, 0) is 24.2 Å². The standard InChI is InChI=1S/C33H44FN5O2/c1-23-12-15-38(21-23)18-19-41-22-24-20-29-32(37-33(24)40-2)31(26-8-4-3-5-10-28(26)36-29)35-25-13-16-39(17-14-25)30-11-7-6-9-27(30)34/h6-7,9,11,20,23,25H,3-5,8,10,12-19,21-22H2,1-2H3,(H,35,36). The summed E-state index contributed by atoms with van der Waals surface area (Å²) in [6, 6.07) is 9.50. The van der Waals surface area contributed by atoms with Crippen molar-refractivity contribution in [3.8, 4) is 5.88 Å². The average molecular weight is 562 g/mol. The second-order valence-corrected chi connectivity index (χ2v) is 12.1. The van der Waals surface area contributed by atoms with E-state index in [0.717, 1.165) is 80.1 Å². The molecule has 1 unspecified atom stereocenters. The topological polar surface area (TPSA) is 62.8 Å². The summed E-state index contributed by atoms with van der Waals surface area (Å²) < 4.78 is 26.3. The van der Waals surface area contributed by atoms with Crippen molar-refractivity contribution in [1.82, 2.24) is 14.9 Å². The summed E-state index contributed by atoms with van der Waals surface area (Å²) in [5.74, 6) is 1.24. The predicted molar refractivity (Wildman–Crippen MR) is 162 cm³/mol. The van der Waals surface area contributed by atoms with E-state index in [1.54, 1.807) is 19.2 Å². The molecule has 6 rings (SSSR count). The molecule has 0 bridgehead atoms. The minimum absolute atomic E-state index is 0.147. The van der Waals surface area contributed by atoms with Crippen molar-refractivity contribution in [2.24, 2.45) is 5.92 Å². The van der Waals surface area contributed by atoms with Gasteiger partial charge in [-0.1, -0.05) is 25.5 Å². The molecule has 4 heterocycles. The third kappa shape index (κ3) is 6.44. The number of anilines is 2. The number of halogens is 1. The van der Waals surface area contributed by atoms with E-state index in [0.29, 0.717) is 30.8 Å². The van der Waals surface area contributed by atoms with Crippen LogP contribution in [0.1, 0.15) is 62.3 Å². The lowest BCUT2D eigenvalue weighted by molar-refractivity contribution is 0.0967. The van der Waals surface area contributed by atoms with Gasteiger partial charge in [0.15, 0.2) is 0 Å².